The van der Waals surface area contributed by atoms with Crippen LogP contribution in [-0.2, 0) is 4.79 Å². The van der Waals surface area contributed by atoms with E-state index in [1.807, 2.05) is 6.92 Å². The molecule has 0 spiro atoms. The maximum absolute atomic E-state index is 11.4. The van der Waals surface area contributed by atoms with Crippen molar-refractivity contribution in [2.24, 2.45) is 0 Å². The number of nitrogens with zero attached hydrogens (tertiary/aromatic N) is 5. The van der Waals surface area contributed by atoms with E-state index >= 15 is 0 Å². The lowest BCUT2D eigenvalue weighted by Gasteiger charge is -2.04. The van der Waals surface area contributed by atoms with Gasteiger partial charge in [-0.2, -0.15) is 0 Å². The van der Waals surface area contributed by atoms with Crippen LogP contribution in [0.15, 0.2) is 18.3 Å². The van der Waals surface area contributed by atoms with E-state index in [4.69, 9.17) is 0 Å². The van der Waals surface area contributed by atoms with E-state index in [1.54, 1.807) is 25.3 Å². The Labute approximate surface area is 110 Å². The second-order valence-electron chi connectivity index (χ2n) is 4.00. The Balaban J connectivity index is 2.10. The first-order chi connectivity index (χ1) is 9.19. The van der Waals surface area contributed by atoms with E-state index in [2.05, 4.69) is 30.7 Å². The molecular formula is C12H14N6O. The number of aromatic nitrogens is 5. The molecule has 0 aliphatic heterocycles. The van der Waals surface area contributed by atoms with Crippen LogP contribution < -0.4 is 5.32 Å². The first-order valence-corrected chi connectivity index (χ1v) is 5.99. The van der Waals surface area contributed by atoms with Crippen molar-refractivity contribution in [3.63, 3.8) is 0 Å². The Morgan fingerprint density at radius 2 is 1.95 bits per heavy atom. The molecule has 0 aliphatic carbocycles. The molecule has 1 amide bonds. The summed E-state index contributed by atoms with van der Waals surface area (Å²) in [6, 6.07) is 3.47. The van der Waals surface area contributed by atoms with E-state index in [-0.39, 0.29) is 5.91 Å². The molecule has 0 aliphatic rings. The Bertz CT molecular complexity index is 551. The molecule has 1 N–H and O–H groups in total. The van der Waals surface area contributed by atoms with Crippen LogP contribution in [0.5, 0.6) is 0 Å². The second kappa shape index (κ2) is 5.94. The highest BCUT2D eigenvalue weighted by Crippen LogP contribution is 2.13. The minimum Gasteiger partial charge on any atom is -0.325 e. The van der Waals surface area contributed by atoms with Gasteiger partial charge in [-0.1, -0.05) is 6.92 Å². The molecular weight excluding hydrogens is 244 g/mol. The van der Waals surface area contributed by atoms with Crippen LogP contribution in [0.3, 0.4) is 0 Å². The highest BCUT2D eigenvalue weighted by Gasteiger charge is 2.06. The molecule has 0 unspecified atom stereocenters. The number of anilines is 1. The predicted molar refractivity (Wildman–Crippen MR) is 69.1 cm³/mol. The van der Waals surface area contributed by atoms with Gasteiger partial charge in [0.2, 0.25) is 11.7 Å². The molecule has 7 heteroatoms. The molecule has 0 radical (unpaired) electrons. The first-order valence-electron chi connectivity index (χ1n) is 5.99. The number of carbonyl (C=O) groups is 1. The monoisotopic (exact) mass is 258 g/mol. The maximum Gasteiger partial charge on any atom is 0.224 e. The number of hydrogen-bond donors (Lipinski definition) is 1. The fourth-order valence-corrected chi connectivity index (χ4v) is 1.43. The van der Waals surface area contributed by atoms with Crippen molar-refractivity contribution >= 4 is 11.6 Å². The number of pyridine rings is 1. The molecule has 2 heterocycles. The summed E-state index contributed by atoms with van der Waals surface area (Å²) in [6.45, 7) is 3.67. The predicted octanol–water partition coefficient (Wildman–Crippen LogP) is 1.38. The van der Waals surface area contributed by atoms with Crippen molar-refractivity contribution in [3.8, 4) is 11.5 Å². The third-order valence-corrected chi connectivity index (χ3v) is 2.33. The van der Waals surface area contributed by atoms with Gasteiger partial charge in [-0.05, 0) is 25.5 Å². The van der Waals surface area contributed by atoms with Gasteiger partial charge < -0.3 is 5.32 Å². The van der Waals surface area contributed by atoms with Gasteiger partial charge in [0.1, 0.15) is 5.69 Å². The Morgan fingerprint density at radius 3 is 2.53 bits per heavy atom. The maximum atomic E-state index is 11.4. The van der Waals surface area contributed by atoms with Gasteiger partial charge in [0.05, 0.1) is 11.9 Å². The average Bonchev–Trinajstić information content (AvgIpc) is 2.41. The number of rotatable bonds is 4. The second-order valence-corrected chi connectivity index (χ2v) is 4.00. The molecule has 0 saturated carbocycles. The standard InChI is InChI=1S/C12H14N6O/c1-3-4-11(19)14-9-5-6-10(13-7-9)12-17-15-8(2)16-18-12/h5-7H,3-4H2,1-2H3,(H,14,19). The lowest BCUT2D eigenvalue weighted by molar-refractivity contribution is -0.116. The van der Waals surface area contributed by atoms with Crippen molar-refractivity contribution in [2.75, 3.05) is 5.32 Å². The Kier molecular flexibility index (Phi) is 4.07. The summed E-state index contributed by atoms with van der Waals surface area (Å²) in [5, 5.41) is 18.2. The van der Waals surface area contributed by atoms with E-state index in [0.29, 0.717) is 29.5 Å². The number of carbonyl (C=O) groups excluding carboxylic acids is 1. The number of hydrogen-bond acceptors (Lipinski definition) is 6. The van der Waals surface area contributed by atoms with Crippen molar-refractivity contribution in [2.45, 2.75) is 26.7 Å². The van der Waals surface area contributed by atoms with Gasteiger partial charge >= 0.3 is 0 Å². The summed E-state index contributed by atoms with van der Waals surface area (Å²) in [6.07, 6.45) is 2.87. The zero-order valence-electron chi connectivity index (χ0n) is 10.8. The molecule has 0 aromatic carbocycles. The summed E-state index contributed by atoms with van der Waals surface area (Å²) >= 11 is 0. The number of aryl methyl sites for hydroxylation is 1. The van der Waals surface area contributed by atoms with Gasteiger partial charge in [-0.3, -0.25) is 9.78 Å². The molecule has 2 aromatic rings. The van der Waals surface area contributed by atoms with Gasteiger partial charge in [0.15, 0.2) is 5.82 Å². The van der Waals surface area contributed by atoms with Gasteiger partial charge in [-0.15, -0.1) is 20.4 Å². The summed E-state index contributed by atoms with van der Waals surface area (Å²) in [7, 11) is 0. The average molecular weight is 258 g/mol. The van der Waals surface area contributed by atoms with Crippen molar-refractivity contribution in [3.05, 3.63) is 24.2 Å². The van der Waals surface area contributed by atoms with E-state index in [1.165, 1.54) is 0 Å². The van der Waals surface area contributed by atoms with Crippen LogP contribution in [0, 0.1) is 6.92 Å². The van der Waals surface area contributed by atoms with Crippen LogP contribution in [0.1, 0.15) is 25.6 Å². The lowest BCUT2D eigenvalue weighted by Crippen LogP contribution is -2.10. The Morgan fingerprint density at radius 1 is 1.21 bits per heavy atom. The third-order valence-electron chi connectivity index (χ3n) is 2.33. The molecule has 2 rings (SSSR count). The summed E-state index contributed by atoms with van der Waals surface area (Å²) < 4.78 is 0. The zero-order chi connectivity index (χ0) is 13.7. The van der Waals surface area contributed by atoms with Crippen molar-refractivity contribution in [1.82, 2.24) is 25.4 Å². The van der Waals surface area contributed by atoms with E-state index in [9.17, 15) is 4.79 Å². The molecule has 7 nitrogen and oxygen atoms in total. The summed E-state index contributed by atoms with van der Waals surface area (Å²) in [4.78, 5) is 15.6. The normalized spacial score (nSPS) is 10.2. The lowest BCUT2D eigenvalue weighted by atomic mass is 10.3. The fourth-order valence-electron chi connectivity index (χ4n) is 1.43. The van der Waals surface area contributed by atoms with Crippen LogP contribution in [0.4, 0.5) is 5.69 Å². The van der Waals surface area contributed by atoms with E-state index in [0.717, 1.165) is 6.42 Å². The smallest absolute Gasteiger partial charge is 0.224 e. The topological polar surface area (TPSA) is 93.6 Å². The van der Waals surface area contributed by atoms with Gasteiger partial charge in [-0.25, -0.2) is 0 Å². The first kappa shape index (κ1) is 13.0. The van der Waals surface area contributed by atoms with Crippen LogP contribution in [0.25, 0.3) is 11.5 Å². The molecule has 98 valence electrons. The van der Waals surface area contributed by atoms with Crippen LogP contribution >= 0.6 is 0 Å². The molecule has 19 heavy (non-hydrogen) atoms. The molecule has 0 atom stereocenters. The number of nitrogens with one attached hydrogen (secondary N) is 1. The van der Waals surface area contributed by atoms with Crippen molar-refractivity contribution in [1.29, 1.82) is 0 Å². The van der Waals surface area contributed by atoms with Gasteiger partial charge in [0.25, 0.3) is 0 Å². The third kappa shape index (κ3) is 3.51. The highest BCUT2D eigenvalue weighted by molar-refractivity contribution is 5.90. The molecule has 2 aromatic heterocycles. The van der Waals surface area contributed by atoms with Crippen molar-refractivity contribution < 1.29 is 4.79 Å². The summed E-state index contributed by atoms with van der Waals surface area (Å²) in [5.74, 6) is 0.844. The fraction of sp³-hybridized carbons (Fsp3) is 0.333. The number of amides is 1. The van der Waals surface area contributed by atoms with Crippen LogP contribution in [0.2, 0.25) is 0 Å². The molecule has 0 bridgehead atoms. The van der Waals surface area contributed by atoms with E-state index < -0.39 is 0 Å². The Hall–Kier alpha value is -2.44. The quantitative estimate of drug-likeness (QED) is 0.890. The SMILES string of the molecule is CCCC(=O)Nc1ccc(-c2nnc(C)nn2)nc1. The largest absolute Gasteiger partial charge is 0.325 e. The minimum atomic E-state index is -0.0213. The van der Waals surface area contributed by atoms with Crippen LogP contribution in [-0.4, -0.2) is 31.3 Å². The molecule has 0 fully saturated rings. The molecule has 0 saturated heterocycles. The summed E-state index contributed by atoms with van der Waals surface area (Å²) in [5.41, 5.74) is 1.21. The zero-order valence-corrected chi connectivity index (χ0v) is 10.8. The highest BCUT2D eigenvalue weighted by atomic mass is 16.1. The minimum absolute atomic E-state index is 0.0213. The van der Waals surface area contributed by atoms with Gasteiger partial charge in [0, 0.05) is 6.42 Å².